The third kappa shape index (κ3) is 2.33. The van der Waals surface area contributed by atoms with E-state index in [1.54, 1.807) is 17.6 Å². The molecule has 0 N–H and O–H groups in total. The minimum Gasteiger partial charge on any atom is -0.457 e. The molecule has 0 bridgehead atoms. The van der Waals surface area contributed by atoms with Gasteiger partial charge in [-0.1, -0.05) is 0 Å². The number of thiophene rings is 1. The number of furan rings is 1. The van der Waals surface area contributed by atoms with Gasteiger partial charge in [0.15, 0.2) is 4.67 Å². The molecule has 80 valence electrons. The zero-order chi connectivity index (χ0) is 11.0. The van der Waals surface area contributed by atoms with Gasteiger partial charge in [0.05, 0.1) is 11.6 Å². The Bertz CT molecular complexity index is 458. The molecule has 0 amide bonds. The summed E-state index contributed by atoms with van der Waals surface area (Å²) in [5, 5.41) is -0.159. The average Bonchev–Trinajstić information content (AvgIpc) is 2.74. The molecule has 2 aromatic heterocycles. The summed E-state index contributed by atoms with van der Waals surface area (Å²) in [5.74, 6) is 0. The predicted octanol–water partition coefficient (Wildman–Crippen LogP) is 5.50. The zero-order valence-corrected chi connectivity index (χ0v) is 12.5. The highest BCUT2D eigenvalue weighted by atomic mass is 79.9. The van der Waals surface area contributed by atoms with E-state index in [0.717, 1.165) is 14.9 Å². The highest BCUT2D eigenvalue weighted by Crippen LogP contribution is 2.40. The summed E-state index contributed by atoms with van der Waals surface area (Å²) in [6.45, 7) is 2.06. The van der Waals surface area contributed by atoms with Gasteiger partial charge in [-0.3, -0.25) is 0 Å². The summed E-state index contributed by atoms with van der Waals surface area (Å²) in [6.07, 6.45) is 1.63. The lowest BCUT2D eigenvalue weighted by Crippen LogP contribution is -1.87. The number of rotatable bonds is 2. The van der Waals surface area contributed by atoms with Crippen LogP contribution in [0.1, 0.15) is 20.7 Å². The highest BCUT2D eigenvalue weighted by molar-refractivity contribution is 9.10. The Hall–Kier alpha value is 0.230. The largest absolute Gasteiger partial charge is 0.457 e. The summed E-state index contributed by atoms with van der Waals surface area (Å²) in [5.41, 5.74) is 0.963. The highest BCUT2D eigenvalue weighted by Gasteiger charge is 2.18. The SMILES string of the molecule is Cc1sc(C(Cl)c2ccoc2Br)cc1Br. The molecule has 0 saturated carbocycles. The van der Waals surface area contributed by atoms with Gasteiger partial charge in [0.2, 0.25) is 0 Å². The number of hydrogen-bond acceptors (Lipinski definition) is 2. The van der Waals surface area contributed by atoms with Crippen LogP contribution in [0.25, 0.3) is 0 Å². The second kappa shape index (κ2) is 4.62. The van der Waals surface area contributed by atoms with Gasteiger partial charge in [-0.15, -0.1) is 22.9 Å². The molecule has 15 heavy (non-hydrogen) atoms. The Morgan fingerprint density at radius 1 is 1.47 bits per heavy atom. The van der Waals surface area contributed by atoms with Gasteiger partial charge < -0.3 is 4.42 Å². The summed E-state index contributed by atoms with van der Waals surface area (Å²) in [7, 11) is 0. The summed E-state index contributed by atoms with van der Waals surface area (Å²) >= 11 is 14.9. The molecular formula is C10H7Br2ClOS. The van der Waals surface area contributed by atoms with Crippen LogP contribution in [0.3, 0.4) is 0 Å². The lowest BCUT2D eigenvalue weighted by Gasteiger charge is -2.03. The van der Waals surface area contributed by atoms with E-state index in [0.29, 0.717) is 4.67 Å². The molecule has 0 aromatic carbocycles. The van der Waals surface area contributed by atoms with Gasteiger partial charge in [-0.05, 0) is 50.9 Å². The maximum atomic E-state index is 6.36. The molecule has 1 atom stereocenters. The topological polar surface area (TPSA) is 13.1 Å². The van der Waals surface area contributed by atoms with Crippen LogP contribution in [0.4, 0.5) is 0 Å². The second-order valence-corrected chi connectivity index (χ2v) is 6.36. The molecule has 0 aliphatic heterocycles. The molecule has 0 spiro atoms. The van der Waals surface area contributed by atoms with Crippen molar-refractivity contribution in [1.82, 2.24) is 0 Å². The Morgan fingerprint density at radius 2 is 2.20 bits per heavy atom. The fourth-order valence-electron chi connectivity index (χ4n) is 1.24. The Morgan fingerprint density at radius 3 is 2.67 bits per heavy atom. The van der Waals surface area contributed by atoms with Gasteiger partial charge in [-0.2, -0.15) is 0 Å². The molecular weight excluding hydrogens is 363 g/mol. The molecule has 0 aliphatic rings. The van der Waals surface area contributed by atoms with Crippen molar-refractivity contribution in [3.8, 4) is 0 Å². The van der Waals surface area contributed by atoms with Gasteiger partial charge in [0.25, 0.3) is 0 Å². The van der Waals surface area contributed by atoms with Crippen molar-refractivity contribution in [3.63, 3.8) is 0 Å². The first-order chi connectivity index (χ1) is 7.09. The number of halogens is 3. The molecule has 0 radical (unpaired) electrons. The Balaban J connectivity index is 2.36. The van der Waals surface area contributed by atoms with Gasteiger partial charge in [-0.25, -0.2) is 0 Å². The van der Waals surface area contributed by atoms with Crippen molar-refractivity contribution in [2.45, 2.75) is 12.3 Å². The maximum absolute atomic E-state index is 6.36. The molecule has 0 saturated heterocycles. The molecule has 2 heterocycles. The fraction of sp³-hybridized carbons (Fsp3) is 0.200. The van der Waals surface area contributed by atoms with E-state index >= 15 is 0 Å². The molecule has 2 aromatic rings. The van der Waals surface area contributed by atoms with E-state index in [-0.39, 0.29) is 5.38 Å². The van der Waals surface area contributed by atoms with Crippen LogP contribution in [-0.2, 0) is 0 Å². The van der Waals surface area contributed by atoms with Crippen molar-refractivity contribution in [2.24, 2.45) is 0 Å². The molecule has 2 rings (SSSR count). The van der Waals surface area contributed by atoms with Crippen LogP contribution in [0, 0.1) is 6.92 Å². The first-order valence-electron chi connectivity index (χ1n) is 4.22. The first kappa shape index (κ1) is 11.7. The quantitative estimate of drug-likeness (QED) is 0.636. The molecule has 1 nitrogen and oxygen atoms in total. The third-order valence-corrected chi connectivity index (χ3v) is 5.49. The van der Waals surface area contributed by atoms with Crippen molar-refractivity contribution >= 4 is 54.8 Å². The molecule has 0 aliphatic carbocycles. The smallest absolute Gasteiger partial charge is 0.173 e. The van der Waals surface area contributed by atoms with Crippen LogP contribution in [0.5, 0.6) is 0 Å². The number of hydrogen-bond donors (Lipinski definition) is 0. The second-order valence-electron chi connectivity index (χ2n) is 3.07. The monoisotopic (exact) mass is 368 g/mol. The van der Waals surface area contributed by atoms with E-state index in [1.807, 2.05) is 6.07 Å². The standard InChI is InChI=1S/C10H7Br2ClOS/c1-5-7(11)4-8(15-5)9(13)6-2-3-14-10(6)12/h2-4,9H,1H3. The molecule has 5 heteroatoms. The van der Waals surface area contributed by atoms with E-state index in [1.165, 1.54) is 4.88 Å². The van der Waals surface area contributed by atoms with Crippen LogP contribution in [0.2, 0.25) is 0 Å². The molecule has 0 fully saturated rings. The third-order valence-electron chi connectivity index (χ3n) is 2.05. The van der Waals surface area contributed by atoms with Crippen molar-refractivity contribution in [2.75, 3.05) is 0 Å². The van der Waals surface area contributed by atoms with Crippen LogP contribution in [0.15, 0.2) is 32.0 Å². The van der Waals surface area contributed by atoms with Gasteiger partial charge in [0, 0.05) is 19.8 Å². The van der Waals surface area contributed by atoms with Crippen molar-refractivity contribution < 1.29 is 4.42 Å². The lowest BCUT2D eigenvalue weighted by molar-refractivity contribution is 0.537. The average molecular weight is 370 g/mol. The van der Waals surface area contributed by atoms with E-state index in [9.17, 15) is 0 Å². The minimum atomic E-state index is -0.159. The Labute approximate surface area is 114 Å². The van der Waals surface area contributed by atoms with Crippen LogP contribution in [-0.4, -0.2) is 0 Å². The summed E-state index contributed by atoms with van der Waals surface area (Å²) < 4.78 is 6.97. The van der Waals surface area contributed by atoms with Gasteiger partial charge in [0.1, 0.15) is 0 Å². The number of aryl methyl sites for hydroxylation is 1. The van der Waals surface area contributed by atoms with Crippen molar-refractivity contribution in [3.05, 3.63) is 42.9 Å². The fourth-order valence-corrected chi connectivity index (χ4v) is 3.77. The Kier molecular flexibility index (Phi) is 3.60. The van der Waals surface area contributed by atoms with E-state index < -0.39 is 0 Å². The van der Waals surface area contributed by atoms with E-state index in [4.69, 9.17) is 16.0 Å². The number of alkyl halides is 1. The first-order valence-corrected chi connectivity index (χ1v) is 7.06. The van der Waals surface area contributed by atoms with E-state index in [2.05, 4.69) is 44.8 Å². The minimum absolute atomic E-state index is 0.159. The maximum Gasteiger partial charge on any atom is 0.173 e. The van der Waals surface area contributed by atoms with Crippen molar-refractivity contribution in [1.29, 1.82) is 0 Å². The van der Waals surface area contributed by atoms with Crippen LogP contribution >= 0.6 is 54.8 Å². The zero-order valence-electron chi connectivity index (χ0n) is 7.76. The molecule has 1 unspecified atom stereocenters. The summed E-state index contributed by atoms with van der Waals surface area (Å²) in [6, 6.07) is 3.93. The van der Waals surface area contributed by atoms with Gasteiger partial charge >= 0.3 is 0 Å². The lowest BCUT2D eigenvalue weighted by atomic mass is 10.2. The summed E-state index contributed by atoms with van der Waals surface area (Å²) in [4.78, 5) is 2.35. The van der Waals surface area contributed by atoms with Crippen LogP contribution < -0.4 is 0 Å². The normalized spacial score (nSPS) is 13.1. The predicted molar refractivity (Wildman–Crippen MR) is 70.9 cm³/mol.